The fraction of sp³-hybridized carbons (Fsp3) is 0.417. The Bertz CT molecular complexity index is 399. The summed E-state index contributed by atoms with van der Waals surface area (Å²) < 4.78 is 10.0. The average Bonchev–Trinajstić information content (AvgIpc) is 2.29. The Labute approximate surface area is 118 Å². The van der Waals surface area contributed by atoms with Gasteiger partial charge >= 0.3 is 5.97 Å². The smallest absolute Gasteiger partial charge is 0.307 e. The number of methoxy groups -OCH3 is 1. The lowest BCUT2D eigenvalue weighted by Gasteiger charge is -2.15. The van der Waals surface area contributed by atoms with Gasteiger partial charge in [0.05, 0.1) is 20.1 Å². The molecule has 0 heterocycles. The Balaban J connectivity index is 0.00000289. The molecule has 1 aromatic rings. The molecule has 0 aliphatic rings. The van der Waals surface area contributed by atoms with Crippen LogP contribution < -0.4 is 10.5 Å². The van der Waals surface area contributed by atoms with Gasteiger partial charge in [-0.2, -0.15) is 0 Å². The summed E-state index contributed by atoms with van der Waals surface area (Å²) in [5.74, 6) is 0.285. The molecule has 0 bridgehead atoms. The van der Waals surface area contributed by atoms with Crippen LogP contribution in [-0.2, 0) is 9.53 Å². The SMILES string of the molecule is CCOC(=O)C[C@@H](N)c1cc(Cl)ccc1OC.Cl. The fourth-order valence-electron chi connectivity index (χ4n) is 1.50. The van der Waals surface area contributed by atoms with Crippen molar-refractivity contribution < 1.29 is 14.3 Å². The van der Waals surface area contributed by atoms with Gasteiger partial charge in [-0.25, -0.2) is 0 Å². The van der Waals surface area contributed by atoms with Gasteiger partial charge in [0.1, 0.15) is 5.75 Å². The second-order valence-electron chi connectivity index (χ2n) is 3.50. The molecule has 4 nitrogen and oxygen atoms in total. The topological polar surface area (TPSA) is 61.5 Å². The maximum atomic E-state index is 11.3. The van der Waals surface area contributed by atoms with Crippen molar-refractivity contribution in [3.63, 3.8) is 0 Å². The summed E-state index contributed by atoms with van der Waals surface area (Å²) in [4.78, 5) is 11.3. The molecule has 1 aromatic carbocycles. The van der Waals surface area contributed by atoms with Gasteiger partial charge in [0, 0.05) is 16.6 Å². The van der Waals surface area contributed by atoms with Gasteiger partial charge in [0.25, 0.3) is 0 Å². The molecule has 0 aliphatic heterocycles. The highest BCUT2D eigenvalue weighted by Gasteiger charge is 2.16. The summed E-state index contributed by atoms with van der Waals surface area (Å²) in [7, 11) is 1.55. The molecule has 0 fully saturated rings. The molecule has 0 radical (unpaired) electrons. The zero-order chi connectivity index (χ0) is 12.8. The van der Waals surface area contributed by atoms with E-state index in [-0.39, 0.29) is 24.8 Å². The Kier molecular flexibility index (Phi) is 7.75. The zero-order valence-corrected chi connectivity index (χ0v) is 11.9. The van der Waals surface area contributed by atoms with Crippen molar-refractivity contribution >= 4 is 30.0 Å². The van der Waals surface area contributed by atoms with E-state index >= 15 is 0 Å². The van der Waals surface area contributed by atoms with Crippen LogP contribution in [0.3, 0.4) is 0 Å². The molecule has 1 atom stereocenters. The molecule has 0 unspecified atom stereocenters. The standard InChI is InChI=1S/C12H16ClNO3.ClH/c1-3-17-12(15)7-10(14)9-6-8(13)4-5-11(9)16-2;/h4-6,10H,3,7,14H2,1-2H3;1H/t10-;/m1./s1. The molecule has 2 N–H and O–H groups in total. The lowest BCUT2D eigenvalue weighted by Crippen LogP contribution is -2.18. The fourth-order valence-corrected chi connectivity index (χ4v) is 1.68. The van der Waals surface area contributed by atoms with Gasteiger partial charge in [-0.1, -0.05) is 11.6 Å². The van der Waals surface area contributed by atoms with Gasteiger partial charge in [0.15, 0.2) is 0 Å². The summed E-state index contributed by atoms with van der Waals surface area (Å²) in [6.07, 6.45) is 0.102. The highest BCUT2D eigenvalue weighted by Crippen LogP contribution is 2.28. The lowest BCUT2D eigenvalue weighted by molar-refractivity contribution is -0.143. The van der Waals surface area contributed by atoms with Crippen LogP contribution in [0.15, 0.2) is 18.2 Å². The lowest BCUT2D eigenvalue weighted by atomic mass is 10.0. The van der Waals surface area contributed by atoms with Gasteiger partial charge in [0.2, 0.25) is 0 Å². The van der Waals surface area contributed by atoms with E-state index in [2.05, 4.69) is 0 Å². The van der Waals surface area contributed by atoms with Gasteiger partial charge < -0.3 is 15.2 Å². The Morgan fingerprint density at radius 2 is 2.17 bits per heavy atom. The number of rotatable bonds is 5. The summed E-state index contributed by atoms with van der Waals surface area (Å²) >= 11 is 5.89. The van der Waals surface area contributed by atoms with Gasteiger partial charge in [-0.15, -0.1) is 12.4 Å². The summed E-state index contributed by atoms with van der Waals surface area (Å²) in [6.45, 7) is 2.10. The first-order chi connectivity index (χ1) is 8.08. The van der Waals surface area contributed by atoms with Crippen LogP contribution in [0.25, 0.3) is 0 Å². The second-order valence-corrected chi connectivity index (χ2v) is 3.94. The van der Waals surface area contributed by atoms with E-state index in [4.69, 9.17) is 26.8 Å². The predicted molar refractivity (Wildman–Crippen MR) is 73.4 cm³/mol. The third-order valence-electron chi connectivity index (χ3n) is 2.28. The Morgan fingerprint density at radius 1 is 1.50 bits per heavy atom. The third-order valence-corrected chi connectivity index (χ3v) is 2.52. The molecule has 0 aromatic heterocycles. The van der Waals surface area contributed by atoms with Crippen LogP contribution >= 0.6 is 24.0 Å². The first kappa shape index (κ1) is 17.0. The molecule has 6 heteroatoms. The van der Waals surface area contributed by atoms with Crippen molar-refractivity contribution in [2.24, 2.45) is 5.73 Å². The van der Waals surface area contributed by atoms with E-state index in [1.165, 1.54) is 0 Å². The molecular weight excluding hydrogens is 277 g/mol. The average molecular weight is 294 g/mol. The van der Waals surface area contributed by atoms with Gasteiger partial charge in [-0.05, 0) is 25.1 Å². The third kappa shape index (κ3) is 4.72. The normalized spacial score (nSPS) is 11.3. The quantitative estimate of drug-likeness (QED) is 0.848. The van der Waals surface area contributed by atoms with Crippen molar-refractivity contribution in [2.75, 3.05) is 13.7 Å². The van der Waals surface area contributed by atoms with E-state index in [1.54, 1.807) is 32.2 Å². The van der Waals surface area contributed by atoms with Crippen LogP contribution in [0.4, 0.5) is 0 Å². The van der Waals surface area contributed by atoms with E-state index in [1.807, 2.05) is 0 Å². The summed E-state index contributed by atoms with van der Waals surface area (Å²) in [6, 6.07) is 4.65. The number of benzene rings is 1. The number of nitrogens with two attached hydrogens (primary N) is 1. The minimum atomic E-state index is -0.484. The highest BCUT2D eigenvalue weighted by molar-refractivity contribution is 6.30. The molecule has 1 rings (SSSR count). The molecule has 0 spiro atoms. The summed E-state index contributed by atoms with van der Waals surface area (Å²) in [5, 5.41) is 0.556. The molecule has 0 aliphatic carbocycles. The largest absolute Gasteiger partial charge is 0.496 e. The molecule has 18 heavy (non-hydrogen) atoms. The minimum Gasteiger partial charge on any atom is -0.496 e. The molecule has 0 amide bonds. The summed E-state index contributed by atoms with van der Waals surface area (Å²) in [5.41, 5.74) is 6.63. The van der Waals surface area contributed by atoms with Gasteiger partial charge in [-0.3, -0.25) is 4.79 Å². The molecule has 102 valence electrons. The van der Waals surface area contributed by atoms with Crippen LogP contribution in [0, 0.1) is 0 Å². The zero-order valence-electron chi connectivity index (χ0n) is 10.3. The van der Waals surface area contributed by atoms with Crippen LogP contribution in [0.5, 0.6) is 5.75 Å². The van der Waals surface area contributed by atoms with E-state index in [0.29, 0.717) is 22.9 Å². The molecule has 0 saturated heterocycles. The maximum absolute atomic E-state index is 11.3. The monoisotopic (exact) mass is 293 g/mol. The number of halogens is 2. The first-order valence-corrected chi connectivity index (χ1v) is 5.71. The maximum Gasteiger partial charge on any atom is 0.307 e. The van der Waals surface area contributed by atoms with Crippen molar-refractivity contribution in [1.29, 1.82) is 0 Å². The van der Waals surface area contributed by atoms with Crippen LogP contribution in [-0.4, -0.2) is 19.7 Å². The first-order valence-electron chi connectivity index (χ1n) is 5.33. The molecule has 0 saturated carbocycles. The van der Waals surface area contributed by atoms with E-state index in [0.717, 1.165) is 0 Å². The highest BCUT2D eigenvalue weighted by atomic mass is 35.5. The predicted octanol–water partition coefficient (Wildman–Crippen LogP) is 2.72. The van der Waals surface area contributed by atoms with Crippen molar-refractivity contribution in [3.8, 4) is 5.75 Å². The van der Waals surface area contributed by atoms with E-state index in [9.17, 15) is 4.79 Å². The number of carbonyl (C=O) groups is 1. The second kappa shape index (κ2) is 8.19. The minimum absolute atomic E-state index is 0. The number of esters is 1. The van der Waals surface area contributed by atoms with Crippen LogP contribution in [0.1, 0.15) is 24.9 Å². The Morgan fingerprint density at radius 3 is 2.72 bits per heavy atom. The Hall–Kier alpha value is -0.970. The van der Waals surface area contributed by atoms with Crippen molar-refractivity contribution in [2.45, 2.75) is 19.4 Å². The van der Waals surface area contributed by atoms with E-state index < -0.39 is 6.04 Å². The van der Waals surface area contributed by atoms with Crippen molar-refractivity contribution in [1.82, 2.24) is 0 Å². The molecular formula is C12H17Cl2NO3. The van der Waals surface area contributed by atoms with Crippen LogP contribution in [0.2, 0.25) is 5.02 Å². The number of ether oxygens (including phenoxy) is 2. The van der Waals surface area contributed by atoms with Crippen molar-refractivity contribution in [3.05, 3.63) is 28.8 Å². The number of hydrogen-bond donors (Lipinski definition) is 1. The number of carbonyl (C=O) groups excluding carboxylic acids is 1. The number of hydrogen-bond acceptors (Lipinski definition) is 4.